The monoisotopic (exact) mass is 337 g/mol. The van der Waals surface area contributed by atoms with Gasteiger partial charge in [0.05, 0.1) is 11.0 Å². The number of imidazole rings is 1. The second kappa shape index (κ2) is 6.32. The summed E-state index contributed by atoms with van der Waals surface area (Å²) in [4.78, 5) is 22.6. The fourth-order valence-corrected chi connectivity index (χ4v) is 3.90. The molecule has 1 aliphatic heterocycles. The highest BCUT2D eigenvalue weighted by Crippen LogP contribution is 2.23. The van der Waals surface area contributed by atoms with Gasteiger partial charge in [0.15, 0.2) is 0 Å². The van der Waals surface area contributed by atoms with Crippen LogP contribution in [0.3, 0.4) is 0 Å². The molecule has 0 bridgehead atoms. The van der Waals surface area contributed by atoms with E-state index < -0.39 is 0 Å². The molecule has 1 fully saturated rings. The number of amides is 1. The Kier molecular flexibility index (Phi) is 4.02. The molecular formula is C19H19N3OS. The van der Waals surface area contributed by atoms with E-state index in [0.29, 0.717) is 0 Å². The molecule has 4 rings (SSSR count). The minimum Gasteiger partial charge on any atom is -0.338 e. The van der Waals surface area contributed by atoms with Crippen molar-refractivity contribution in [3.05, 3.63) is 53.6 Å². The van der Waals surface area contributed by atoms with Gasteiger partial charge in [-0.15, -0.1) is 0 Å². The number of H-pyrrole nitrogens is 1. The van der Waals surface area contributed by atoms with Gasteiger partial charge in [-0.3, -0.25) is 4.79 Å². The first-order valence-corrected chi connectivity index (χ1v) is 9.30. The molecule has 1 saturated heterocycles. The second-order valence-electron chi connectivity index (χ2n) is 6.09. The second-order valence-corrected chi connectivity index (χ2v) is 7.32. The van der Waals surface area contributed by atoms with Crippen LogP contribution in [0, 0.1) is 6.92 Å². The van der Waals surface area contributed by atoms with Gasteiger partial charge >= 0.3 is 0 Å². The maximum Gasteiger partial charge on any atom is 0.253 e. The summed E-state index contributed by atoms with van der Waals surface area (Å²) in [6, 6.07) is 13.9. The highest BCUT2D eigenvalue weighted by atomic mass is 32.2. The minimum absolute atomic E-state index is 0.115. The molecular weight excluding hydrogens is 318 g/mol. The number of thioether (sulfide) groups is 1. The lowest BCUT2D eigenvalue weighted by molar-refractivity contribution is 0.0772. The third-order valence-corrected chi connectivity index (χ3v) is 5.26. The molecule has 0 spiro atoms. The molecule has 1 aliphatic rings. The molecule has 24 heavy (non-hydrogen) atoms. The number of aryl methyl sites for hydroxylation is 1. The third kappa shape index (κ3) is 2.91. The van der Waals surface area contributed by atoms with Crippen molar-refractivity contribution in [2.24, 2.45) is 0 Å². The summed E-state index contributed by atoms with van der Waals surface area (Å²) >= 11 is 1.91. The highest BCUT2D eigenvalue weighted by Gasteiger charge is 2.19. The van der Waals surface area contributed by atoms with Crippen LogP contribution in [0.15, 0.2) is 42.5 Å². The number of aromatic amines is 1. The molecule has 3 aromatic rings. The summed E-state index contributed by atoms with van der Waals surface area (Å²) in [6.07, 6.45) is 0. The van der Waals surface area contributed by atoms with Crippen molar-refractivity contribution in [3.63, 3.8) is 0 Å². The number of aromatic nitrogens is 2. The quantitative estimate of drug-likeness (QED) is 0.775. The lowest BCUT2D eigenvalue weighted by Gasteiger charge is -2.26. The molecule has 0 aliphatic carbocycles. The molecule has 2 aromatic carbocycles. The van der Waals surface area contributed by atoms with Gasteiger partial charge in [0.25, 0.3) is 5.91 Å². The van der Waals surface area contributed by atoms with Crippen LogP contribution >= 0.6 is 11.8 Å². The number of nitrogens with one attached hydrogen (secondary N) is 1. The number of nitrogens with zero attached hydrogens (tertiary/aromatic N) is 2. The van der Waals surface area contributed by atoms with E-state index in [2.05, 4.69) is 29.0 Å². The van der Waals surface area contributed by atoms with E-state index in [1.807, 2.05) is 47.0 Å². The van der Waals surface area contributed by atoms with Gasteiger partial charge in [-0.2, -0.15) is 11.8 Å². The lowest BCUT2D eigenvalue weighted by Crippen LogP contribution is -2.37. The van der Waals surface area contributed by atoms with E-state index in [0.717, 1.165) is 52.6 Å². The molecule has 5 heteroatoms. The standard InChI is InChI=1S/C19H19N3OS/c1-13-5-6-16-17(11-13)21-18(20-16)14-3-2-4-15(12-14)19(23)22-7-9-24-10-8-22/h2-6,11-12H,7-10H2,1H3,(H,20,21). The predicted molar refractivity (Wildman–Crippen MR) is 99.5 cm³/mol. The Labute approximate surface area is 145 Å². The normalized spacial score (nSPS) is 15.0. The Morgan fingerprint density at radius 2 is 2.00 bits per heavy atom. The van der Waals surface area contributed by atoms with E-state index in [-0.39, 0.29) is 5.91 Å². The molecule has 0 unspecified atom stereocenters. The van der Waals surface area contributed by atoms with Gasteiger partial charge in [0, 0.05) is 35.7 Å². The van der Waals surface area contributed by atoms with E-state index in [4.69, 9.17) is 0 Å². The summed E-state index contributed by atoms with van der Waals surface area (Å²) in [5, 5.41) is 0. The van der Waals surface area contributed by atoms with Crippen molar-refractivity contribution in [3.8, 4) is 11.4 Å². The van der Waals surface area contributed by atoms with E-state index in [1.165, 1.54) is 5.56 Å². The molecule has 2 heterocycles. The summed E-state index contributed by atoms with van der Waals surface area (Å²) in [6.45, 7) is 3.72. The minimum atomic E-state index is 0.115. The molecule has 1 aromatic heterocycles. The van der Waals surface area contributed by atoms with Crippen LogP contribution in [-0.4, -0.2) is 45.4 Å². The summed E-state index contributed by atoms with van der Waals surface area (Å²) in [7, 11) is 0. The van der Waals surface area contributed by atoms with Gasteiger partial charge in [0.2, 0.25) is 0 Å². The topological polar surface area (TPSA) is 49.0 Å². The molecule has 1 N–H and O–H groups in total. The van der Waals surface area contributed by atoms with Crippen LogP contribution in [-0.2, 0) is 0 Å². The first-order valence-electron chi connectivity index (χ1n) is 8.14. The van der Waals surface area contributed by atoms with Gasteiger partial charge in [-0.25, -0.2) is 4.98 Å². The van der Waals surface area contributed by atoms with E-state index in [9.17, 15) is 4.79 Å². The number of hydrogen-bond acceptors (Lipinski definition) is 3. The van der Waals surface area contributed by atoms with Crippen molar-refractivity contribution in [1.29, 1.82) is 0 Å². The smallest absolute Gasteiger partial charge is 0.253 e. The highest BCUT2D eigenvalue weighted by molar-refractivity contribution is 7.99. The Morgan fingerprint density at radius 3 is 2.83 bits per heavy atom. The van der Waals surface area contributed by atoms with Gasteiger partial charge in [-0.1, -0.05) is 18.2 Å². The van der Waals surface area contributed by atoms with E-state index in [1.54, 1.807) is 0 Å². The SMILES string of the molecule is Cc1ccc2[nH]c(-c3cccc(C(=O)N4CCSCC4)c3)nc2c1. The number of carbonyl (C=O) groups is 1. The first kappa shape index (κ1) is 15.3. The number of rotatable bonds is 2. The van der Waals surface area contributed by atoms with Crippen LogP contribution in [0.4, 0.5) is 0 Å². The average Bonchev–Trinajstić information content (AvgIpc) is 3.05. The van der Waals surface area contributed by atoms with Crippen molar-refractivity contribution in [1.82, 2.24) is 14.9 Å². The maximum atomic E-state index is 12.7. The molecule has 0 atom stereocenters. The van der Waals surface area contributed by atoms with E-state index >= 15 is 0 Å². The molecule has 1 amide bonds. The van der Waals surface area contributed by atoms with Crippen LogP contribution in [0.2, 0.25) is 0 Å². The van der Waals surface area contributed by atoms with Crippen molar-refractivity contribution >= 4 is 28.7 Å². The van der Waals surface area contributed by atoms with Gasteiger partial charge in [0.1, 0.15) is 5.82 Å². The van der Waals surface area contributed by atoms with Gasteiger partial charge in [-0.05, 0) is 36.8 Å². The average molecular weight is 337 g/mol. The van der Waals surface area contributed by atoms with Crippen LogP contribution < -0.4 is 0 Å². The predicted octanol–water partition coefficient (Wildman–Crippen LogP) is 3.73. The fourth-order valence-electron chi connectivity index (χ4n) is 3.00. The number of fused-ring (bicyclic) bond motifs is 1. The lowest BCUT2D eigenvalue weighted by atomic mass is 10.1. The Hall–Kier alpha value is -2.27. The van der Waals surface area contributed by atoms with Gasteiger partial charge < -0.3 is 9.88 Å². The number of benzene rings is 2. The third-order valence-electron chi connectivity index (χ3n) is 4.32. The van der Waals surface area contributed by atoms with Crippen LogP contribution in [0.5, 0.6) is 0 Å². The Bertz CT molecular complexity index is 897. The molecule has 122 valence electrons. The largest absolute Gasteiger partial charge is 0.338 e. The maximum absolute atomic E-state index is 12.7. The summed E-state index contributed by atoms with van der Waals surface area (Å²) in [5.74, 6) is 2.96. The number of hydrogen-bond donors (Lipinski definition) is 1. The Balaban J connectivity index is 1.67. The Morgan fingerprint density at radius 1 is 1.17 bits per heavy atom. The fraction of sp³-hybridized carbons (Fsp3) is 0.263. The van der Waals surface area contributed by atoms with Crippen molar-refractivity contribution < 1.29 is 4.79 Å². The molecule has 0 radical (unpaired) electrons. The zero-order chi connectivity index (χ0) is 16.5. The van der Waals surface area contributed by atoms with Crippen LogP contribution in [0.25, 0.3) is 22.4 Å². The molecule has 0 saturated carbocycles. The van der Waals surface area contributed by atoms with Crippen molar-refractivity contribution in [2.45, 2.75) is 6.92 Å². The summed E-state index contributed by atoms with van der Waals surface area (Å²) < 4.78 is 0. The zero-order valence-corrected chi connectivity index (χ0v) is 14.4. The summed E-state index contributed by atoms with van der Waals surface area (Å²) in [5.41, 5.74) is 4.83. The van der Waals surface area contributed by atoms with Crippen molar-refractivity contribution in [2.75, 3.05) is 24.6 Å². The first-order chi connectivity index (χ1) is 11.7. The zero-order valence-electron chi connectivity index (χ0n) is 13.6. The van der Waals surface area contributed by atoms with Crippen LogP contribution in [0.1, 0.15) is 15.9 Å². The molecule has 4 nitrogen and oxygen atoms in total. The number of carbonyl (C=O) groups excluding carboxylic acids is 1.